The summed E-state index contributed by atoms with van der Waals surface area (Å²) in [4.78, 5) is 30.6. The smallest absolute Gasteiger partial charge is 0.337 e. The Morgan fingerprint density at radius 3 is 2.71 bits per heavy atom. The predicted molar refractivity (Wildman–Crippen MR) is 107 cm³/mol. The minimum absolute atomic E-state index is 0.305. The van der Waals surface area contributed by atoms with Crippen LogP contribution in [0.2, 0.25) is 0 Å². The fourth-order valence-electron chi connectivity index (χ4n) is 3.32. The van der Waals surface area contributed by atoms with E-state index in [-0.39, 0.29) is 5.91 Å². The number of para-hydroxylation sites is 1. The molecule has 28 heavy (non-hydrogen) atoms. The summed E-state index contributed by atoms with van der Waals surface area (Å²) in [6.07, 6.45) is 2.71. The monoisotopic (exact) mass is 373 g/mol. The number of nitrogens with one attached hydrogen (secondary N) is 1. The van der Waals surface area contributed by atoms with Gasteiger partial charge in [0.1, 0.15) is 5.69 Å². The number of amides is 1. The molecule has 1 amide bonds. The molecule has 6 nitrogen and oxygen atoms in total. The second-order valence-corrected chi connectivity index (χ2v) is 6.46. The van der Waals surface area contributed by atoms with Gasteiger partial charge in [-0.2, -0.15) is 0 Å². The van der Waals surface area contributed by atoms with E-state index in [0.29, 0.717) is 16.9 Å². The number of carbonyl (C=O) groups is 2. The largest absolute Gasteiger partial charge is 0.465 e. The zero-order valence-electron chi connectivity index (χ0n) is 15.4. The number of ether oxygens (including phenoxy) is 1. The number of methoxy groups -OCH3 is 1. The molecule has 2 heterocycles. The third kappa shape index (κ3) is 3.44. The lowest BCUT2D eigenvalue weighted by Gasteiger charge is -2.19. The van der Waals surface area contributed by atoms with Crippen LogP contribution in [-0.2, 0) is 11.2 Å². The third-order valence-electron chi connectivity index (χ3n) is 4.72. The van der Waals surface area contributed by atoms with E-state index in [2.05, 4.69) is 27.3 Å². The highest BCUT2D eigenvalue weighted by atomic mass is 16.5. The fourth-order valence-corrected chi connectivity index (χ4v) is 3.32. The Hall–Kier alpha value is -3.67. The lowest BCUT2D eigenvalue weighted by Crippen LogP contribution is -2.16. The maximum absolute atomic E-state index is 12.5. The number of aromatic nitrogens is 1. The molecule has 1 aliphatic rings. The van der Waals surface area contributed by atoms with E-state index in [1.807, 2.05) is 18.2 Å². The molecule has 0 aliphatic carbocycles. The minimum atomic E-state index is -0.454. The predicted octanol–water partition coefficient (Wildman–Crippen LogP) is 3.81. The lowest BCUT2D eigenvalue weighted by molar-refractivity contribution is 0.0600. The van der Waals surface area contributed by atoms with Gasteiger partial charge in [-0.15, -0.1) is 0 Å². The fraction of sp³-hybridized carbons (Fsp3) is 0.136. The molecular formula is C22H19N3O3. The first-order chi connectivity index (χ1) is 13.7. The van der Waals surface area contributed by atoms with E-state index in [1.54, 1.807) is 36.5 Å². The number of anilines is 3. The molecular weight excluding hydrogens is 354 g/mol. The number of fused-ring (bicyclic) bond motifs is 1. The second-order valence-electron chi connectivity index (χ2n) is 6.46. The van der Waals surface area contributed by atoms with Gasteiger partial charge in [0.2, 0.25) is 0 Å². The number of pyridine rings is 1. The highest BCUT2D eigenvalue weighted by Crippen LogP contribution is 2.33. The van der Waals surface area contributed by atoms with Crippen LogP contribution in [0.1, 0.15) is 26.4 Å². The molecule has 0 unspecified atom stereocenters. The van der Waals surface area contributed by atoms with Crippen molar-refractivity contribution < 1.29 is 14.3 Å². The van der Waals surface area contributed by atoms with Crippen LogP contribution < -0.4 is 10.2 Å². The Morgan fingerprint density at radius 2 is 1.93 bits per heavy atom. The van der Waals surface area contributed by atoms with Crippen LogP contribution in [0.25, 0.3) is 0 Å². The number of rotatable bonds is 4. The van der Waals surface area contributed by atoms with Gasteiger partial charge in [-0.25, -0.2) is 9.78 Å². The summed E-state index contributed by atoms with van der Waals surface area (Å²) in [6.45, 7) is 0.896. The molecule has 0 saturated carbocycles. The number of nitrogens with zero attached hydrogens (tertiary/aromatic N) is 2. The molecule has 0 spiro atoms. The Balaban J connectivity index is 1.49. The molecule has 2 aromatic carbocycles. The van der Waals surface area contributed by atoms with Crippen LogP contribution in [0.3, 0.4) is 0 Å². The molecule has 1 N–H and O–H groups in total. The van der Waals surface area contributed by atoms with Gasteiger partial charge in [0.15, 0.2) is 0 Å². The molecule has 0 fully saturated rings. The summed E-state index contributed by atoms with van der Waals surface area (Å²) in [5.41, 5.74) is 4.63. The molecule has 0 atom stereocenters. The number of hydrogen-bond acceptors (Lipinski definition) is 5. The van der Waals surface area contributed by atoms with Gasteiger partial charge in [-0.1, -0.05) is 24.3 Å². The summed E-state index contributed by atoms with van der Waals surface area (Å²) in [7, 11) is 1.32. The average Bonchev–Trinajstić information content (AvgIpc) is 3.17. The normalized spacial score (nSPS) is 12.4. The number of esters is 1. The Bertz CT molecular complexity index is 1030. The Kier molecular flexibility index (Phi) is 4.76. The highest BCUT2D eigenvalue weighted by molar-refractivity contribution is 6.03. The topological polar surface area (TPSA) is 71.5 Å². The van der Waals surface area contributed by atoms with E-state index in [0.717, 1.165) is 18.7 Å². The molecule has 0 saturated heterocycles. The van der Waals surface area contributed by atoms with Crippen molar-refractivity contribution in [1.82, 2.24) is 4.98 Å². The van der Waals surface area contributed by atoms with E-state index in [1.165, 1.54) is 18.4 Å². The first-order valence-corrected chi connectivity index (χ1v) is 8.97. The molecule has 140 valence electrons. The van der Waals surface area contributed by atoms with E-state index in [9.17, 15) is 9.59 Å². The van der Waals surface area contributed by atoms with Gasteiger partial charge >= 0.3 is 5.97 Å². The number of benzene rings is 2. The lowest BCUT2D eigenvalue weighted by atomic mass is 10.2. The van der Waals surface area contributed by atoms with Crippen molar-refractivity contribution in [3.8, 4) is 0 Å². The zero-order chi connectivity index (χ0) is 19.5. The molecule has 4 rings (SSSR count). The maximum atomic E-state index is 12.5. The van der Waals surface area contributed by atoms with Crippen molar-refractivity contribution in [2.24, 2.45) is 0 Å². The summed E-state index contributed by atoms with van der Waals surface area (Å²) < 4.78 is 4.70. The van der Waals surface area contributed by atoms with E-state index in [4.69, 9.17) is 4.74 Å². The van der Waals surface area contributed by atoms with Crippen LogP contribution in [0.15, 0.2) is 66.9 Å². The van der Waals surface area contributed by atoms with Crippen LogP contribution >= 0.6 is 0 Å². The summed E-state index contributed by atoms with van der Waals surface area (Å²) >= 11 is 0. The third-order valence-corrected chi connectivity index (χ3v) is 4.72. The highest BCUT2D eigenvalue weighted by Gasteiger charge is 2.20. The molecule has 3 aromatic rings. The first-order valence-electron chi connectivity index (χ1n) is 8.97. The van der Waals surface area contributed by atoms with Crippen molar-refractivity contribution in [2.75, 3.05) is 23.9 Å². The summed E-state index contributed by atoms with van der Waals surface area (Å²) in [5, 5.41) is 2.76. The van der Waals surface area contributed by atoms with Gasteiger partial charge in [-0.3, -0.25) is 4.79 Å². The standard InChI is InChI=1S/C22H19N3O3/c1-28-22(27)16-6-4-7-17(13-16)24-21(26)19-10-9-18(14-23-19)25-12-11-15-5-2-3-8-20(15)25/h2-10,13-14H,11-12H2,1H3,(H,24,26). The molecule has 1 aliphatic heterocycles. The Labute approximate surface area is 162 Å². The Morgan fingerprint density at radius 1 is 1.07 bits per heavy atom. The minimum Gasteiger partial charge on any atom is -0.465 e. The van der Waals surface area contributed by atoms with E-state index >= 15 is 0 Å². The SMILES string of the molecule is COC(=O)c1cccc(NC(=O)c2ccc(N3CCc4ccccc43)cn2)c1. The van der Waals surface area contributed by atoms with Crippen LogP contribution in [0.5, 0.6) is 0 Å². The molecule has 0 bridgehead atoms. The van der Waals surface area contributed by atoms with Crippen molar-refractivity contribution in [3.05, 3.63) is 83.7 Å². The van der Waals surface area contributed by atoms with E-state index < -0.39 is 5.97 Å². The second kappa shape index (κ2) is 7.52. The summed E-state index contributed by atoms with van der Waals surface area (Å²) in [5.74, 6) is -0.792. The van der Waals surface area contributed by atoms with Crippen molar-refractivity contribution in [2.45, 2.75) is 6.42 Å². The number of hydrogen-bond donors (Lipinski definition) is 1. The zero-order valence-corrected chi connectivity index (χ0v) is 15.4. The summed E-state index contributed by atoms with van der Waals surface area (Å²) in [6, 6.07) is 18.5. The van der Waals surface area contributed by atoms with Crippen molar-refractivity contribution in [3.63, 3.8) is 0 Å². The van der Waals surface area contributed by atoms with Gasteiger partial charge < -0.3 is 15.0 Å². The first kappa shape index (κ1) is 17.7. The van der Waals surface area contributed by atoms with Gasteiger partial charge in [0, 0.05) is 17.9 Å². The van der Waals surface area contributed by atoms with Crippen molar-refractivity contribution in [1.29, 1.82) is 0 Å². The van der Waals surface area contributed by atoms with Gasteiger partial charge in [-0.05, 0) is 48.4 Å². The molecule has 6 heteroatoms. The van der Waals surface area contributed by atoms with Gasteiger partial charge in [0.25, 0.3) is 5.91 Å². The van der Waals surface area contributed by atoms with Gasteiger partial charge in [0.05, 0.1) is 24.6 Å². The van der Waals surface area contributed by atoms with Crippen molar-refractivity contribution >= 4 is 28.9 Å². The van der Waals surface area contributed by atoms with Crippen LogP contribution in [0, 0.1) is 0 Å². The quantitative estimate of drug-likeness (QED) is 0.704. The maximum Gasteiger partial charge on any atom is 0.337 e. The van der Waals surface area contributed by atoms with Crippen LogP contribution in [0.4, 0.5) is 17.1 Å². The molecule has 0 radical (unpaired) electrons. The average molecular weight is 373 g/mol. The number of carbonyl (C=O) groups excluding carboxylic acids is 2. The van der Waals surface area contributed by atoms with Crippen LogP contribution in [-0.4, -0.2) is 30.5 Å². The molecule has 1 aromatic heterocycles.